The van der Waals surface area contributed by atoms with E-state index >= 15 is 0 Å². The Morgan fingerprint density at radius 2 is 1.83 bits per heavy atom. The lowest BCUT2D eigenvalue weighted by Crippen LogP contribution is -2.33. The van der Waals surface area contributed by atoms with Crippen molar-refractivity contribution in [2.24, 2.45) is 0 Å². The minimum absolute atomic E-state index is 0.0180. The number of halogens is 1. The molecule has 5 heteroatoms. The van der Waals surface area contributed by atoms with Gasteiger partial charge in [0, 0.05) is 17.0 Å². The molecule has 3 aromatic rings. The Morgan fingerprint density at radius 1 is 1.12 bits per heavy atom. The third kappa shape index (κ3) is 3.11. The average molecular weight is 323 g/mol. The molecule has 0 saturated heterocycles. The van der Waals surface area contributed by atoms with Crippen molar-refractivity contribution in [1.29, 1.82) is 0 Å². The van der Waals surface area contributed by atoms with Crippen molar-refractivity contribution in [3.63, 3.8) is 0 Å². The fraction of sp³-hybridized carbons (Fsp3) is 0.211. The summed E-state index contributed by atoms with van der Waals surface area (Å²) >= 11 is 0. The van der Waals surface area contributed by atoms with Crippen LogP contribution in [-0.2, 0) is 0 Å². The van der Waals surface area contributed by atoms with Gasteiger partial charge in [-0.25, -0.2) is 14.4 Å². The number of aromatic nitrogens is 2. The summed E-state index contributed by atoms with van der Waals surface area (Å²) in [6, 6.07) is 13.7. The zero-order chi connectivity index (χ0) is 17.1. The quantitative estimate of drug-likeness (QED) is 0.790. The molecule has 0 fully saturated rings. The second kappa shape index (κ2) is 6.74. The number of nitrogens with one attached hydrogen (secondary N) is 1. The van der Waals surface area contributed by atoms with E-state index in [4.69, 9.17) is 0 Å². The summed E-state index contributed by atoms with van der Waals surface area (Å²) < 4.78 is 14.2. The Bertz CT molecular complexity index is 895. The fourth-order valence-corrected chi connectivity index (χ4v) is 2.43. The first kappa shape index (κ1) is 16.1. The number of benzene rings is 2. The molecule has 0 aliphatic carbocycles. The Balaban J connectivity index is 2.17. The van der Waals surface area contributed by atoms with Gasteiger partial charge in [-0.2, -0.15) is 0 Å². The van der Waals surface area contributed by atoms with Crippen molar-refractivity contribution in [2.75, 3.05) is 0 Å². The molecule has 0 radical (unpaired) electrons. The van der Waals surface area contributed by atoms with Crippen LogP contribution in [0.1, 0.15) is 30.9 Å². The zero-order valence-electron chi connectivity index (χ0n) is 13.6. The number of para-hydroxylation sites is 1. The van der Waals surface area contributed by atoms with Crippen molar-refractivity contribution < 1.29 is 9.18 Å². The molecule has 0 bridgehead atoms. The second-order valence-corrected chi connectivity index (χ2v) is 5.68. The van der Waals surface area contributed by atoms with Gasteiger partial charge in [0.25, 0.3) is 5.91 Å². The zero-order valence-corrected chi connectivity index (χ0v) is 13.6. The Hall–Kier alpha value is -2.82. The number of hydrogen-bond acceptors (Lipinski definition) is 3. The molecule has 1 N–H and O–H groups in total. The summed E-state index contributed by atoms with van der Waals surface area (Å²) in [5.41, 5.74) is 1.39. The van der Waals surface area contributed by atoms with Crippen LogP contribution in [-0.4, -0.2) is 21.9 Å². The summed E-state index contributed by atoms with van der Waals surface area (Å²) in [6.07, 6.45) is 0.805. The van der Waals surface area contributed by atoms with Gasteiger partial charge in [0.15, 0.2) is 0 Å². The first-order chi connectivity index (χ1) is 11.6. The standard InChI is InChI=1S/C19H18FN3O/c1-3-12(2)21-19(24)18-22-16-11-7-5-9-14(16)17(23-18)13-8-4-6-10-15(13)20/h4-12H,3H2,1-2H3,(H,21,24). The highest BCUT2D eigenvalue weighted by atomic mass is 19.1. The van der Waals surface area contributed by atoms with Crippen molar-refractivity contribution in [3.8, 4) is 11.3 Å². The van der Waals surface area contributed by atoms with Gasteiger partial charge in [0.1, 0.15) is 5.82 Å². The second-order valence-electron chi connectivity index (χ2n) is 5.68. The van der Waals surface area contributed by atoms with E-state index in [-0.39, 0.29) is 23.6 Å². The van der Waals surface area contributed by atoms with Crippen LogP contribution in [0.4, 0.5) is 4.39 Å². The van der Waals surface area contributed by atoms with E-state index in [1.807, 2.05) is 32.0 Å². The van der Waals surface area contributed by atoms with E-state index in [9.17, 15) is 9.18 Å². The van der Waals surface area contributed by atoms with Crippen LogP contribution in [0.2, 0.25) is 0 Å². The number of carbonyl (C=O) groups excluding carboxylic acids is 1. The lowest BCUT2D eigenvalue weighted by Gasteiger charge is -2.12. The number of hydrogen-bond donors (Lipinski definition) is 1. The van der Waals surface area contributed by atoms with E-state index < -0.39 is 0 Å². The highest BCUT2D eigenvalue weighted by molar-refractivity contribution is 5.98. The molecule has 122 valence electrons. The molecule has 1 unspecified atom stereocenters. The van der Waals surface area contributed by atoms with Crippen LogP contribution in [0.5, 0.6) is 0 Å². The van der Waals surface area contributed by atoms with Crippen molar-refractivity contribution >= 4 is 16.8 Å². The normalized spacial score (nSPS) is 12.1. The van der Waals surface area contributed by atoms with E-state index in [2.05, 4.69) is 15.3 Å². The van der Waals surface area contributed by atoms with Gasteiger partial charge < -0.3 is 5.32 Å². The molecule has 4 nitrogen and oxygen atoms in total. The lowest BCUT2D eigenvalue weighted by molar-refractivity contribution is 0.0929. The van der Waals surface area contributed by atoms with Gasteiger partial charge >= 0.3 is 0 Å². The van der Waals surface area contributed by atoms with Gasteiger partial charge in [0.05, 0.1) is 11.2 Å². The summed E-state index contributed by atoms with van der Waals surface area (Å²) in [4.78, 5) is 21.1. The SMILES string of the molecule is CCC(C)NC(=O)c1nc(-c2ccccc2F)c2ccccc2n1. The van der Waals surface area contributed by atoms with Gasteiger partial charge in [-0.3, -0.25) is 4.79 Å². The molecule has 0 aliphatic rings. The molecule has 0 saturated carbocycles. The molecule has 1 atom stereocenters. The molecule has 1 amide bonds. The van der Waals surface area contributed by atoms with Crippen LogP contribution in [0.25, 0.3) is 22.2 Å². The number of rotatable bonds is 4. The van der Waals surface area contributed by atoms with E-state index in [0.717, 1.165) is 6.42 Å². The van der Waals surface area contributed by atoms with E-state index in [0.29, 0.717) is 22.2 Å². The van der Waals surface area contributed by atoms with E-state index in [1.54, 1.807) is 24.3 Å². The first-order valence-corrected chi connectivity index (χ1v) is 7.92. The predicted octanol–water partition coefficient (Wildman–Crippen LogP) is 3.96. The molecule has 1 aromatic heterocycles. The number of nitrogens with zero attached hydrogens (tertiary/aromatic N) is 2. The molecule has 0 aliphatic heterocycles. The third-order valence-corrected chi connectivity index (χ3v) is 3.93. The van der Waals surface area contributed by atoms with Gasteiger partial charge in [-0.05, 0) is 31.5 Å². The fourth-order valence-electron chi connectivity index (χ4n) is 2.43. The first-order valence-electron chi connectivity index (χ1n) is 7.92. The number of amides is 1. The number of fused-ring (bicyclic) bond motifs is 1. The van der Waals surface area contributed by atoms with Crippen molar-refractivity contribution in [3.05, 3.63) is 60.2 Å². The summed E-state index contributed by atoms with van der Waals surface area (Å²) in [6.45, 7) is 3.90. The number of carbonyl (C=O) groups is 1. The molecular weight excluding hydrogens is 305 g/mol. The van der Waals surface area contributed by atoms with Crippen LogP contribution in [0.15, 0.2) is 48.5 Å². The summed E-state index contributed by atoms with van der Waals surface area (Å²) in [5, 5.41) is 3.56. The van der Waals surface area contributed by atoms with E-state index in [1.165, 1.54) is 6.07 Å². The third-order valence-electron chi connectivity index (χ3n) is 3.93. The maximum atomic E-state index is 14.2. The maximum absolute atomic E-state index is 14.2. The van der Waals surface area contributed by atoms with Gasteiger partial charge in [-0.1, -0.05) is 37.3 Å². The topological polar surface area (TPSA) is 54.9 Å². The maximum Gasteiger partial charge on any atom is 0.289 e. The smallest absolute Gasteiger partial charge is 0.289 e. The largest absolute Gasteiger partial charge is 0.347 e. The monoisotopic (exact) mass is 323 g/mol. The van der Waals surface area contributed by atoms with Gasteiger partial charge in [0.2, 0.25) is 5.82 Å². The minimum Gasteiger partial charge on any atom is -0.347 e. The van der Waals surface area contributed by atoms with Gasteiger partial charge in [-0.15, -0.1) is 0 Å². The molecule has 0 spiro atoms. The molecule has 2 aromatic carbocycles. The predicted molar refractivity (Wildman–Crippen MR) is 92.2 cm³/mol. The van der Waals surface area contributed by atoms with Crippen LogP contribution < -0.4 is 5.32 Å². The molecule has 1 heterocycles. The van der Waals surface area contributed by atoms with Crippen molar-refractivity contribution in [1.82, 2.24) is 15.3 Å². The highest BCUT2D eigenvalue weighted by Gasteiger charge is 2.17. The molecule has 24 heavy (non-hydrogen) atoms. The Kier molecular flexibility index (Phi) is 4.51. The summed E-state index contributed by atoms with van der Waals surface area (Å²) in [7, 11) is 0. The van der Waals surface area contributed by atoms with Crippen LogP contribution in [0.3, 0.4) is 0 Å². The molecule has 3 rings (SSSR count). The molecular formula is C19H18FN3O. The Labute approximate surface area is 139 Å². The summed E-state index contributed by atoms with van der Waals surface area (Å²) in [5.74, 6) is -0.686. The van der Waals surface area contributed by atoms with Crippen LogP contribution in [0, 0.1) is 5.82 Å². The highest BCUT2D eigenvalue weighted by Crippen LogP contribution is 2.28. The van der Waals surface area contributed by atoms with Crippen molar-refractivity contribution in [2.45, 2.75) is 26.3 Å². The minimum atomic E-state index is -0.380. The lowest BCUT2D eigenvalue weighted by atomic mass is 10.1. The Morgan fingerprint density at radius 3 is 2.58 bits per heavy atom. The van der Waals surface area contributed by atoms with Crippen LogP contribution >= 0.6 is 0 Å². The average Bonchev–Trinajstić information content (AvgIpc) is 2.61.